The van der Waals surface area contributed by atoms with E-state index in [0.29, 0.717) is 13.2 Å². The van der Waals surface area contributed by atoms with Crippen LogP contribution in [0, 0.1) is 0 Å². The number of amides is 2. The molecule has 25 heavy (non-hydrogen) atoms. The second kappa shape index (κ2) is 9.97. The van der Waals surface area contributed by atoms with Crippen molar-refractivity contribution in [2.45, 2.75) is 19.6 Å². The number of carbonyl (C=O) groups excluding carboxylic acids is 2. The van der Waals surface area contributed by atoms with Gasteiger partial charge in [-0.2, -0.15) is 0 Å². The van der Waals surface area contributed by atoms with Gasteiger partial charge in [-0.25, -0.2) is 4.79 Å². The third-order valence-electron chi connectivity index (χ3n) is 3.35. The van der Waals surface area contributed by atoms with Crippen LogP contribution < -0.4 is 15.4 Å². The minimum Gasteiger partial charge on any atom is -0.492 e. The Balaban J connectivity index is 1.61. The molecule has 6 heteroatoms. The number of rotatable bonds is 8. The van der Waals surface area contributed by atoms with Crippen molar-refractivity contribution in [3.63, 3.8) is 0 Å². The van der Waals surface area contributed by atoms with Gasteiger partial charge in [0, 0.05) is 0 Å². The van der Waals surface area contributed by atoms with Crippen LogP contribution in [0.25, 0.3) is 0 Å². The van der Waals surface area contributed by atoms with Crippen molar-refractivity contribution >= 4 is 12.0 Å². The van der Waals surface area contributed by atoms with E-state index in [-0.39, 0.29) is 12.5 Å². The summed E-state index contributed by atoms with van der Waals surface area (Å²) >= 11 is 0. The molecule has 0 saturated carbocycles. The molecule has 0 fully saturated rings. The highest BCUT2D eigenvalue weighted by Gasteiger charge is 2.15. The monoisotopic (exact) mass is 342 g/mol. The van der Waals surface area contributed by atoms with E-state index >= 15 is 0 Å². The molecule has 2 amide bonds. The summed E-state index contributed by atoms with van der Waals surface area (Å²) in [5.41, 5.74) is 0.882. The van der Waals surface area contributed by atoms with Gasteiger partial charge >= 0.3 is 6.09 Å². The van der Waals surface area contributed by atoms with Crippen LogP contribution in [0.3, 0.4) is 0 Å². The number of benzene rings is 2. The van der Waals surface area contributed by atoms with Crippen molar-refractivity contribution in [2.75, 3.05) is 13.2 Å². The standard InChI is InChI=1S/C19H22N2O4/c1-15(21-19(23)25-14-16-8-4-2-5-9-16)18(22)20-12-13-24-17-10-6-3-7-11-17/h2-11,15H,12-14H2,1H3,(H,20,22)(H,21,23)/t15-/m0/s1. The summed E-state index contributed by atoms with van der Waals surface area (Å²) in [5, 5.41) is 5.19. The average molecular weight is 342 g/mol. The number of hydrogen-bond donors (Lipinski definition) is 2. The van der Waals surface area contributed by atoms with Crippen LogP contribution in [-0.2, 0) is 16.1 Å². The lowest BCUT2D eigenvalue weighted by Gasteiger charge is -2.14. The predicted octanol–water partition coefficient (Wildman–Crippen LogP) is 2.50. The number of ether oxygens (including phenoxy) is 2. The van der Waals surface area contributed by atoms with Crippen LogP contribution in [0.1, 0.15) is 12.5 Å². The van der Waals surface area contributed by atoms with E-state index in [4.69, 9.17) is 9.47 Å². The Hall–Kier alpha value is -3.02. The van der Waals surface area contributed by atoms with Crippen LogP contribution in [0.5, 0.6) is 5.75 Å². The van der Waals surface area contributed by atoms with Gasteiger partial charge in [0.1, 0.15) is 25.0 Å². The minimum atomic E-state index is -0.694. The highest BCUT2D eigenvalue weighted by atomic mass is 16.5. The first-order valence-electron chi connectivity index (χ1n) is 8.08. The summed E-state index contributed by atoms with van der Waals surface area (Å²) in [6, 6.07) is 18.0. The number of hydrogen-bond acceptors (Lipinski definition) is 4. The van der Waals surface area contributed by atoms with E-state index in [1.807, 2.05) is 60.7 Å². The van der Waals surface area contributed by atoms with E-state index < -0.39 is 12.1 Å². The highest BCUT2D eigenvalue weighted by molar-refractivity contribution is 5.85. The number of nitrogens with one attached hydrogen (secondary N) is 2. The summed E-state index contributed by atoms with van der Waals surface area (Å²) in [4.78, 5) is 23.6. The molecule has 0 aliphatic heterocycles. The zero-order chi connectivity index (χ0) is 17.9. The minimum absolute atomic E-state index is 0.159. The largest absolute Gasteiger partial charge is 0.492 e. The number of carbonyl (C=O) groups is 2. The van der Waals surface area contributed by atoms with E-state index in [1.165, 1.54) is 0 Å². The Morgan fingerprint density at radius 3 is 2.32 bits per heavy atom. The number of alkyl carbamates (subject to hydrolysis) is 1. The van der Waals surface area contributed by atoms with Crippen molar-refractivity contribution in [1.82, 2.24) is 10.6 Å². The van der Waals surface area contributed by atoms with E-state index in [2.05, 4.69) is 10.6 Å². The molecular weight excluding hydrogens is 320 g/mol. The van der Waals surface area contributed by atoms with Gasteiger partial charge in [-0.15, -0.1) is 0 Å². The van der Waals surface area contributed by atoms with Gasteiger partial charge < -0.3 is 20.1 Å². The van der Waals surface area contributed by atoms with Gasteiger partial charge in [-0.1, -0.05) is 48.5 Å². The first-order chi connectivity index (χ1) is 12.1. The maximum Gasteiger partial charge on any atom is 0.408 e. The molecule has 0 aliphatic rings. The SMILES string of the molecule is C[C@H](NC(=O)OCc1ccccc1)C(=O)NCCOc1ccccc1. The third kappa shape index (κ3) is 6.95. The molecule has 1 atom stereocenters. The van der Waals surface area contributed by atoms with Crippen molar-refractivity contribution in [3.8, 4) is 5.75 Å². The van der Waals surface area contributed by atoms with Crippen LogP contribution in [0.4, 0.5) is 4.79 Å². The maximum absolute atomic E-state index is 11.9. The molecule has 2 N–H and O–H groups in total. The molecule has 0 spiro atoms. The average Bonchev–Trinajstić information content (AvgIpc) is 2.65. The predicted molar refractivity (Wildman–Crippen MR) is 94.2 cm³/mol. The molecule has 0 heterocycles. The summed E-state index contributed by atoms with van der Waals surface area (Å²) in [6.07, 6.45) is -0.632. The van der Waals surface area contributed by atoms with Gasteiger partial charge in [-0.3, -0.25) is 4.79 Å². The molecule has 0 unspecified atom stereocenters. The topological polar surface area (TPSA) is 76.7 Å². The Bertz CT molecular complexity index is 662. The van der Waals surface area contributed by atoms with Crippen molar-refractivity contribution in [2.24, 2.45) is 0 Å². The molecule has 2 aromatic rings. The Kier molecular flexibility index (Phi) is 7.31. The molecule has 132 valence electrons. The smallest absolute Gasteiger partial charge is 0.408 e. The fourth-order valence-electron chi connectivity index (χ4n) is 2.02. The maximum atomic E-state index is 11.9. The van der Waals surface area contributed by atoms with E-state index in [1.54, 1.807) is 6.92 Å². The van der Waals surface area contributed by atoms with Gasteiger partial charge in [0.05, 0.1) is 6.54 Å². The van der Waals surface area contributed by atoms with Gasteiger partial charge in [0.15, 0.2) is 0 Å². The van der Waals surface area contributed by atoms with Gasteiger partial charge in [0.2, 0.25) is 5.91 Å². The summed E-state index contributed by atoms with van der Waals surface area (Å²) in [6.45, 7) is 2.45. The number of para-hydroxylation sites is 1. The zero-order valence-corrected chi connectivity index (χ0v) is 14.1. The summed E-state index contributed by atoms with van der Waals surface area (Å²) < 4.78 is 10.6. The van der Waals surface area contributed by atoms with Gasteiger partial charge in [-0.05, 0) is 24.6 Å². The Morgan fingerprint density at radius 1 is 1.00 bits per heavy atom. The zero-order valence-electron chi connectivity index (χ0n) is 14.1. The summed E-state index contributed by atoms with van der Waals surface area (Å²) in [7, 11) is 0. The van der Waals surface area contributed by atoms with Gasteiger partial charge in [0.25, 0.3) is 0 Å². The molecule has 2 aromatic carbocycles. The summed E-state index contributed by atoms with van der Waals surface area (Å²) in [5.74, 6) is 0.445. The molecule has 0 bridgehead atoms. The normalized spacial score (nSPS) is 11.2. The molecular formula is C19H22N2O4. The molecule has 0 aliphatic carbocycles. The second-order valence-corrected chi connectivity index (χ2v) is 5.38. The Labute approximate surface area is 147 Å². The lowest BCUT2D eigenvalue weighted by Crippen LogP contribution is -2.45. The highest BCUT2D eigenvalue weighted by Crippen LogP contribution is 2.07. The molecule has 0 radical (unpaired) electrons. The van der Waals surface area contributed by atoms with E-state index in [9.17, 15) is 9.59 Å². The molecule has 6 nitrogen and oxygen atoms in total. The van der Waals surface area contributed by atoms with Crippen molar-refractivity contribution in [1.29, 1.82) is 0 Å². The lowest BCUT2D eigenvalue weighted by molar-refractivity contribution is -0.122. The molecule has 0 saturated heterocycles. The van der Waals surface area contributed by atoms with Crippen LogP contribution in [0.2, 0.25) is 0 Å². The second-order valence-electron chi connectivity index (χ2n) is 5.38. The molecule has 0 aromatic heterocycles. The van der Waals surface area contributed by atoms with Crippen LogP contribution >= 0.6 is 0 Å². The van der Waals surface area contributed by atoms with Crippen molar-refractivity contribution < 1.29 is 19.1 Å². The molecule has 2 rings (SSSR count). The van der Waals surface area contributed by atoms with E-state index in [0.717, 1.165) is 11.3 Å². The lowest BCUT2D eigenvalue weighted by atomic mass is 10.2. The first-order valence-corrected chi connectivity index (χ1v) is 8.08. The Morgan fingerprint density at radius 2 is 1.64 bits per heavy atom. The fourth-order valence-corrected chi connectivity index (χ4v) is 2.02. The quantitative estimate of drug-likeness (QED) is 0.723. The van der Waals surface area contributed by atoms with Crippen LogP contribution in [-0.4, -0.2) is 31.2 Å². The first kappa shape index (κ1) is 18.3. The third-order valence-corrected chi connectivity index (χ3v) is 3.35. The van der Waals surface area contributed by atoms with Crippen molar-refractivity contribution in [3.05, 3.63) is 66.2 Å². The fraction of sp³-hybridized carbons (Fsp3) is 0.263. The van der Waals surface area contributed by atoms with Crippen LogP contribution in [0.15, 0.2) is 60.7 Å².